The minimum atomic E-state index is -0.460. The van der Waals surface area contributed by atoms with Crippen LogP contribution in [0.25, 0.3) is 0 Å². The fraction of sp³-hybridized carbons (Fsp3) is 0.667. The van der Waals surface area contributed by atoms with Crippen LogP contribution in [0.2, 0.25) is 5.28 Å². The molecule has 1 aromatic rings. The SMILES string of the molecule is CC(C)(C)OC(=O)N1C2CCC1C(c1cnc(Cl)nc1)C2. The van der Waals surface area contributed by atoms with E-state index in [4.69, 9.17) is 16.3 Å². The second kappa shape index (κ2) is 5.13. The quantitative estimate of drug-likeness (QED) is 0.746. The molecule has 0 saturated carbocycles. The van der Waals surface area contributed by atoms with Gasteiger partial charge in [-0.2, -0.15) is 0 Å². The molecule has 3 unspecified atom stereocenters. The van der Waals surface area contributed by atoms with Crippen molar-refractivity contribution in [1.82, 2.24) is 14.9 Å². The van der Waals surface area contributed by atoms with E-state index >= 15 is 0 Å². The zero-order chi connectivity index (χ0) is 15.2. The summed E-state index contributed by atoms with van der Waals surface area (Å²) in [4.78, 5) is 22.4. The molecule has 2 bridgehead atoms. The first kappa shape index (κ1) is 14.6. The van der Waals surface area contributed by atoms with Gasteiger partial charge in [0, 0.05) is 30.4 Å². The summed E-state index contributed by atoms with van der Waals surface area (Å²) >= 11 is 5.74. The van der Waals surface area contributed by atoms with Gasteiger partial charge in [-0.25, -0.2) is 14.8 Å². The second-order valence-corrected chi connectivity index (χ2v) is 7.15. The van der Waals surface area contributed by atoms with E-state index in [9.17, 15) is 4.79 Å². The molecule has 3 atom stereocenters. The minimum Gasteiger partial charge on any atom is -0.444 e. The molecular formula is C15H20ClN3O2. The minimum absolute atomic E-state index is 0.189. The van der Waals surface area contributed by atoms with Crippen LogP contribution in [0, 0.1) is 0 Å². The van der Waals surface area contributed by atoms with Gasteiger partial charge in [0.25, 0.3) is 0 Å². The Bertz CT molecular complexity index is 541. The number of rotatable bonds is 1. The summed E-state index contributed by atoms with van der Waals surface area (Å²) in [6.45, 7) is 5.69. The van der Waals surface area contributed by atoms with E-state index in [1.807, 2.05) is 25.7 Å². The third kappa shape index (κ3) is 2.84. The van der Waals surface area contributed by atoms with Gasteiger partial charge in [-0.1, -0.05) is 0 Å². The third-order valence-electron chi connectivity index (χ3n) is 4.21. The molecule has 0 aliphatic carbocycles. The molecule has 0 spiro atoms. The van der Waals surface area contributed by atoms with Gasteiger partial charge >= 0.3 is 6.09 Å². The Kier molecular flexibility index (Phi) is 3.56. The highest BCUT2D eigenvalue weighted by atomic mass is 35.5. The number of nitrogens with zero attached hydrogens (tertiary/aromatic N) is 3. The Hall–Kier alpha value is -1.36. The highest BCUT2D eigenvalue weighted by molar-refractivity contribution is 6.28. The third-order valence-corrected chi connectivity index (χ3v) is 4.40. The molecule has 3 heterocycles. The van der Waals surface area contributed by atoms with Crippen LogP contribution in [-0.4, -0.2) is 38.6 Å². The first-order valence-corrected chi connectivity index (χ1v) is 7.72. The standard InChI is InChI=1S/C15H20ClN3O2/c1-15(2,3)21-14(20)19-10-4-5-12(19)11(6-10)9-7-17-13(16)18-8-9/h7-8,10-12H,4-6H2,1-3H3. The molecule has 6 heteroatoms. The van der Waals surface area contributed by atoms with Crippen molar-refractivity contribution in [3.8, 4) is 0 Å². The van der Waals surface area contributed by atoms with Crippen LogP contribution in [0.3, 0.4) is 0 Å². The number of fused-ring (bicyclic) bond motifs is 2. The van der Waals surface area contributed by atoms with Gasteiger partial charge in [-0.3, -0.25) is 0 Å². The van der Waals surface area contributed by atoms with Crippen molar-refractivity contribution in [3.05, 3.63) is 23.2 Å². The summed E-state index contributed by atoms with van der Waals surface area (Å²) in [6.07, 6.45) is 6.36. The first-order valence-electron chi connectivity index (χ1n) is 7.34. The summed E-state index contributed by atoms with van der Waals surface area (Å²) in [6, 6.07) is 0.458. The maximum absolute atomic E-state index is 12.4. The fourth-order valence-corrected chi connectivity index (χ4v) is 3.56. The predicted molar refractivity (Wildman–Crippen MR) is 79.3 cm³/mol. The summed E-state index contributed by atoms with van der Waals surface area (Å²) in [5, 5.41) is 0.255. The second-order valence-electron chi connectivity index (χ2n) is 6.81. The average Bonchev–Trinajstić information content (AvgIpc) is 2.95. The summed E-state index contributed by atoms with van der Waals surface area (Å²) < 4.78 is 5.54. The van der Waals surface area contributed by atoms with E-state index < -0.39 is 5.60 Å². The van der Waals surface area contributed by atoms with Gasteiger partial charge in [0.05, 0.1) is 0 Å². The van der Waals surface area contributed by atoms with E-state index in [-0.39, 0.29) is 29.4 Å². The normalized spacial score (nSPS) is 28.0. The lowest BCUT2D eigenvalue weighted by Crippen LogP contribution is -2.40. The molecule has 2 saturated heterocycles. The van der Waals surface area contributed by atoms with Crippen molar-refractivity contribution >= 4 is 17.7 Å². The zero-order valence-electron chi connectivity index (χ0n) is 12.5. The van der Waals surface area contributed by atoms with Crippen LogP contribution < -0.4 is 0 Å². The van der Waals surface area contributed by atoms with Crippen LogP contribution in [0.5, 0.6) is 0 Å². The lowest BCUT2D eigenvalue weighted by Gasteiger charge is -2.28. The molecule has 2 aliphatic heterocycles. The number of carbonyl (C=O) groups excluding carboxylic acids is 1. The molecule has 2 fully saturated rings. The van der Waals surface area contributed by atoms with Gasteiger partial charge in [0.15, 0.2) is 0 Å². The van der Waals surface area contributed by atoms with Crippen molar-refractivity contribution in [1.29, 1.82) is 0 Å². The van der Waals surface area contributed by atoms with Crippen LogP contribution in [0.15, 0.2) is 12.4 Å². The van der Waals surface area contributed by atoms with Crippen molar-refractivity contribution in [2.45, 2.75) is 63.6 Å². The fourth-order valence-electron chi connectivity index (χ4n) is 3.46. The number of amides is 1. The molecule has 0 N–H and O–H groups in total. The average molecular weight is 310 g/mol. The van der Waals surface area contributed by atoms with Crippen molar-refractivity contribution < 1.29 is 9.53 Å². The number of ether oxygens (including phenoxy) is 1. The molecule has 3 rings (SSSR count). The van der Waals surface area contributed by atoms with Gasteiger partial charge in [-0.05, 0) is 57.2 Å². The zero-order valence-corrected chi connectivity index (χ0v) is 13.3. The largest absolute Gasteiger partial charge is 0.444 e. The number of hydrogen-bond acceptors (Lipinski definition) is 4. The van der Waals surface area contributed by atoms with Crippen molar-refractivity contribution in [2.75, 3.05) is 0 Å². The maximum Gasteiger partial charge on any atom is 0.410 e. The van der Waals surface area contributed by atoms with Gasteiger partial charge in [0.2, 0.25) is 5.28 Å². The van der Waals surface area contributed by atoms with E-state index in [1.54, 1.807) is 12.4 Å². The molecule has 0 radical (unpaired) electrons. The van der Waals surface area contributed by atoms with Gasteiger partial charge in [-0.15, -0.1) is 0 Å². The topological polar surface area (TPSA) is 55.3 Å². The smallest absolute Gasteiger partial charge is 0.410 e. The maximum atomic E-state index is 12.4. The summed E-state index contributed by atoms with van der Waals surface area (Å²) in [5.74, 6) is 0.286. The van der Waals surface area contributed by atoms with Crippen LogP contribution in [0.4, 0.5) is 4.79 Å². The van der Waals surface area contributed by atoms with Crippen molar-refractivity contribution in [2.24, 2.45) is 0 Å². The molecule has 1 aromatic heterocycles. The summed E-state index contributed by atoms with van der Waals surface area (Å²) in [5.41, 5.74) is 0.595. The highest BCUT2D eigenvalue weighted by Gasteiger charge is 2.50. The molecule has 5 nitrogen and oxygen atoms in total. The van der Waals surface area contributed by atoms with E-state index in [1.165, 1.54) is 0 Å². The molecule has 0 aromatic carbocycles. The predicted octanol–water partition coefficient (Wildman–Crippen LogP) is 3.39. The Morgan fingerprint density at radius 1 is 1.33 bits per heavy atom. The number of carbonyl (C=O) groups is 1. The van der Waals surface area contributed by atoms with Gasteiger partial charge < -0.3 is 9.64 Å². The lowest BCUT2D eigenvalue weighted by atomic mass is 9.85. The molecule has 21 heavy (non-hydrogen) atoms. The monoisotopic (exact) mass is 309 g/mol. The Labute approximate surface area is 129 Å². The van der Waals surface area contributed by atoms with E-state index in [0.29, 0.717) is 0 Å². The van der Waals surface area contributed by atoms with E-state index in [0.717, 1.165) is 24.8 Å². The molecular weight excluding hydrogens is 290 g/mol. The Morgan fingerprint density at radius 2 is 2.00 bits per heavy atom. The molecule has 114 valence electrons. The number of hydrogen-bond donors (Lipinski definition) is 0. The Balaban J connectivity index is 1.78. The molecule has 2 aliphatic rings. The highest BCUT2D eigenvalue weighted by Crippen LogP contribution is 2.47. The lowest BCUT2D eigenvalue weighted by molar-refractivity contribution is 0.0213. The summed E-state index contributed by atoms with van der Waals surface area (Å²) in [7, 11) is 0. The number of aromatic nitrogens is 2. The number of halogens is 1. The van der Waals surface area contributed by atoms with Crippen LogP contribution >= 0.6 is 11.6 Å². The van der Waals surface area contributed by atoms with E-state index in [2.05, 4.69) is 9.97 Å². The van der Waals surface area contributed by atoms with Gasteiger partial charge in [0.1, 0.15) is 5.60 Å². The van der Waals surface area contributed by atoms with Crippen LogP contribution in [0.1, 0.15) is 51.5 Å². The first-order chi connectivity index (χ1) is 9.85. The van der Waals surface area contributed by atoms with Crippen molar-refractivity contribution in [3.63, 3.8) is 0 Å². The molecule has 1 amide bonds. The van der Waals surface area contributed by atoms with Crippen LogP contribution in [-0.2, 0) is 4.74 Å². The Morgan fingerprint density at radius 3 is 2.62 bits per heavy atom.